The number of aliphatic carboxylic acids is 1. The van der Waals surface area contributed by atoms with Crippen molar-refractivity contribution in [3.05, 3.63) is 24.5 Å². The molecular formula is C12H16N4O2. The minimum Gasteiger partial charge on any atom is -0.481 e. The van der Waals surface area contributed by atoms with Gasteiger partial charge in [0.2, 0.25) is 0 Å². The Kier molecular flexibility index (Phi) is 3.76. The van der Waals surface area contributed by atoms with Crippen molar-refractivity contribution in [1.82, 2.24) is 14.6 Å². The minimum absolute atomic E-state index is 0.294. The van der Waals surface area contributed by atoms with Crippen molar-refractivity contribution in [2.24, 2.45) is 5.92 Å². The molecular weight excluding hydrogens is 232 g/mol. The maximum absolute atomic E-state index is 10.6. The number of anilines is 1. The van der Waals surface area contributed by atoms with Gasteiger partial charge in [0, 0.05) is 18.8 Å². The lowest BCUT2D eigenvalue weighted by molar-refractivity contribution is -0.141. The molecule has 0 aliphatic carbocycles. The van der Waals surface area contributed by atoms with Crippen LogP contribution >= 0.6 is 0 Å². The summed E-state index contributed by atoms with van der Waals surface area (Å²) in [6.07, 6.45) is 5.00. The Hall–Kier alpha value is -2.11. The van der Waals surface area contributed by atoms with E-state index >= 15 is 0 Å². The van der Waals surface area contributed by atoms with Gasteiger partial charge in [-0.2, -0.15) is 5.10 Å². The van der Waals surface area contributed by atoms with Crippen LogP contribution in [0.5, 0.6) is 0 Å². The van der Waals surface area contributed by atoms with E-state index in [4.69, 9.17) is 5.11 Å². The molecule has 6 nitrogen and oxygen atoms in total. The molecule has 2 heterocycles. The fourth-order valence-corrected chi connectivity index (χ4v) is 1.66. The molecule has 2 aromatic heterocycles. The molecule has 0 spiro atoms. The second-order valence-corrected chi connectivity index (χ2v) is 4.26. The molecule has 2 aromatic rings. The van der Waals surface area contributed by atoms with Gasteiger partial charge in [0.05, 0.1) is 12.1 Å². The van der Waals surface area contributed by atoms with Crippen molar-refractivity contribution in [2.75, 3.05) is 11.9 Å². The molecule has 18 heavy (non-hydrogen) atoms. The van der Waals surface area contributed by atoms with E-state index in [9.17, 15) is 4.79 Å². The SMILES string of the molecule is CC(CCCNc1ccn2nccc2n1)C(=O)O. The first kappa shape index (κ1) is 12.3. The van der Waals surface area contributed by atoms with E-state index in [1.165, 1.54) is 0 Å². The monoisotopic (exact) mass is 248 g/mol. The molecule has 0 saturated heterocycles. The van der Waals surface area contributed by atoms with Crippen molar-refractivity contribution < 1.29 is 9.90 Å². The molecule has 0 fully saturated rings. The van der Waals surface area contributed by atoms with Gasteiger partial charge < -0.3 is 10.4 Å². The Morgan fingerprint density at radius 1 is 1.56 bits per heavy atom. The van der Waals surface area contributed by atoms with Crippen LogP contribution in [0, 0.1) is 5.92 Å². The van der Waals surface area contributed by atoms with Gasteiger partial charge in [0.1, 0.15) is 5.82 Å². The Morgan fingerprint density at radius 3 is 3.17 bits per heavy atom. The highest BCUT2D eigenvalue weighted by Crippen LogP contribution is 2.08. The molecule has 2 N–H and O–H groups in total. The first-order valence-corrected chi connectivity index (χ1v) is 5.94. The highest BCUT2D eigenvalue weighted by Gasteiger charge is 2.09. The predicted octanol–water partition coefficient (Wildman–Crippen LogP) is 1.64. The average molecular weight is 248 g/mol. The van der Waals surface area contributed by atoms with E-state index in [2.05, 4.69) is 15.4 Å². The van der Waals surface area contributed by atoms with Crippen molar-refractivity contribution in [3.63, 3.8) is 0 Å². The van der Waals surface area contributed by atoms with Crippen molar-refractivity contribution in [2.45, 2.75) is 19.8 Å². The van der Waals surface area contributed by atoms with Crippen LogP contribution < -0.4 is 5.32 Å². The summed E-state index contributed by atoms with van der Waals surface area (Å²) in [6.45, 7) is 2.44. The second-order valence-electron chi connectivity index (χ2n) is 4.26. The smallest absolute Gasteiger partial charge is 0.306 e. The summed E-state index contributed by atoms with van der Waals surface area (Å²) < 4.78 is 1.69. The van der Waals surface area contributed by atoms with E-state index in [0.29, 0.717) is 6.42 Å². The number of carbonyl (C=O) groups is 1. The van der Waals surface area contributed by atoms with Crippen molar-refractivity contribution in [1.29, 1.82) is 0 Å². The number of nitrogens with one attached hydrogen (secondary N) is 1. The van der Waals surface area contributed by atoms with Crippen LogP contribution in [0.4, 0.5) is 5.82 Å². The molecule has 0 aliphatic rings. The van der Waals surface area contributed by atoms with E-state index in [1.54, 1.807) is 17.6 Å². The topological polar surface area (TPSA) is 79.5 Å². The normalized spacial score (nSPS) is 12.5. The van der Waals surface area contributed by atoms with Crippen LogP contribution in [0.25, 0.3) is 5.65 Å². The van der Waals surface area contributed by atoms with Gasteiger partial charge >= 0.3 is 5.97 Å². The fourth-order valence-electron chi connectivity index (χ4n) is 1.66. The number of aromatic nitrogens is 3. The lowest BCUT2D eigenvalue weighted by Crippen LogP contribution is -2.12. The number of carboxylic acids is 1. The molecule has 0 aromatic carbocycles. The summed E-state index contributed by atoms with van der Waals surface area (Å²) in [7, 11) is 0. The molecule has 0 bridgehead atoms. The number of hydrogen-bond donors (Lipinski definition) is 2. The summed E-state index contributed by atoms with van der Waals surface area (Å²) >= 11 is 0. The molecule has 1 unspecified atom stereocenters. The first-order chi connectivity index (χ1) is 8.66. The van der Waals surface area contributed by atoms with Crippen LogP contribution in [0.3, 0.4) is 0 Å². The summed E-state index contributed by atoms with van der Waals surface area (Å²) in [5.41, 5.74) is 0.791. The third-order valence-corrected chi connectivity index (χ3v) is 2.80. The summed E-state index contributed by atoms with van der Waals surface area (Å²) in [4.78, 5) is 15.0. The lowest BCUT2D eigenvalue weighted by atomic mass is 10.1. The van der Waals surface area contributed by atoms with Gasteiger partial charge in [0.15, 0.2) is 5.65 Å². The van der Waals surface area contributed by atoms with Gasteiger partial charge in [-0.15, -0.1) is 0 Å². The molecule has 0 radical (unpaired) electrons. The molecule has 6 heteroatoms. The summed E-state index contributed by atoms with van der Waals surface area (Å²) in [5, 5.41) is 16.0. The standard InChI is InChI=1S/C12H16N4O2/c1-9(12(17)18)3-2-6-13-10-5-8-16-11(15-10)4-7-14-16/h4-5,7-9H,2-3,6H2,1H3,(H,13,15)(H,17,18). The zero-order chi connectivity index (χ0) is 13.0. The second kappa shape index (κ2) is 5.48. The lowest BCUT2D eigenvalue weighted by Gasteiger charge is -2.07. The zero-order valence-electron chi connectivity index (χ0n) is 10.2. The highest BCUT2D eigenvalue weighted by atomic mass is 16.4. The molecule has 2 rings (SSSR count). The molecule has 0 saturated carbocycles. The van der Waals surface area contributed by atoms with E-state index in [-0.39, 0.29) is 5.92 Å². The van der Waals surface area contributed by atoms with E-state index in [0.717, 1.165) is 24.4 Å². The van der Waals surface area contributed by atoms with Crippen LogP contribution in [-0.4, -0.2) is 32.2 Å². The molecule has 96 valence electrons. The van der Waals surface area contributed by atoms with Crippen molar-refractivity contribution >= 4 is 17.4 Å². The van der Waals surface area contributed by atoms with E-state index < -0.39 is 5.97 Å². The summed E-state index contributed by atoms with van der Waals surface area (Å²) in [6, 6.07) is 3.68. The number of hydrogen-bond acceptors (Lipinski definition) is 4. The van der Waals surface area contributed by atoms with Crippen LogP contribution in [0.15, 0.2) is 24.5 Å². The Bertz CT molecular complexity index is 538. The first-order valence-electron chi connectivity index (χ1n) is 5.94. The molecule has 1 atom stereocenters. The number of nitrogens with zero attached hydrogens (tertiary/aromatic N) is 3. The quantitative estimate of drug-likeness (QED) is 0.760. The predicted molar refractivity (Wildman–Crippen MR) is 67.5 cm³/mol. The van der Waals surface area contributed by atoms with Gasteiger partial charge in [-0.1, -0.05) is 6.92 Å². The number of carboxylic acid groups (broad SMARTS) is 1. The van der Waals surface area contributed by atoms with Crippen LogP contribution in [-0.2, 0) is 4.79 Å². The average Bonchev–Trinajstić information content (AvgIpc) is 2.81. The largest absolute Gasteiger partial charge is 0.481 e. The third kappa shape index (κ3) is 2.97. The van der Waals surface area contributed by atoms with Gasteiger partial charge in [-0.05, 0) is 18.9 Å². The van der Waals surface area contributed by atoms with Gasteiger partial charge in [-0.3, -0.25) is 4.79 Å². The zero-order valence-corrected chi connectivity index (χ0v) is 10.2. The maximum atomic E-state index is 10.6. The highest BCUT2D eigenvalue weighted by molar-refractivity contribution is 5.69. The van der Waals surface area contributed by atoms with Crippen molar-refractivity contribution in [3.8, 4) is 0 Å². The maximum Gasteiger partial charge on any atom is 0.306 e. The summed E-state index contributed by atoms with van der Waals surface area (Å²) in [5.74, 6) is -0.253. The van der Waals surface area contributed by atoms with Crippen LogP contribution in [0.1, 0.15) is 19.8 Å². The Balaban J connectivity index is 1.81. The Labute approximate surface area is 105 Å². The molecule has 0 amide bonds. The van der Waals surface area contributed by atoms with Gasteiger partial charge in [-0.25, -0.2) is 9.50 Å². The molecule has 0 aliphatic heterocycles. The number of rotatable bonds is 6. The minimum atomic E-state index is -0.742. The van der Waals surface area contributed by atoms with Crippen LogP contribution in [0.2, 0.25) is 0 Å². The number of fused-ring (bicyclic) bond motifs is 1. The fraction of sp³-hybridized carbons (Fsp3) is 0.417. The van der Waals surface area contributed by atoms with E-state index in [1.807, 2.05) is 18.3 Å². The Morgan fingerprint density at radius 2 is 2.39 bits per heavy atom. The third-order valence-electron chi connectivity index (χ3n) is 2.80. The van der Waals surface area contributed by atoms with Gasteiger partial charge in [0.25, 0.3) is 0 Å².